The number of rotatable bonds is 9. The number of carbonyl (C=O) groups is 1. The van der Waals surface area contributed by atoms with E-state index in [0.717, 1.165) is 43.2 Å². The lowest BCUT2D eigenvalue weighted by molar-refractivity contribution is -0.121. The van der Waals surface area contributed by atoms with Gasteiger partial charge in [-0.3, -0.25) is 4.79 Å². The molecule has 1 N–H and O–H groups in total. The van der Waals surface area contributed by atoms with E-state index in [-0.39, 0.29) is 5.91 Å². The lowest BCUT2D eigenvalue weighted by atomic mass is 10.2. The Kier molecular flexibility index (Phi) is 7.07. The van der Waals surface area contributed by atoms with E-state index in [1.165, 1.54) is 6.42 Å². The summed E-state index contributed by atoms with van der Waals surface area (Å²) < 4.78 is 13.4. The van der Waals surface area contributed by atoms with Crippen molar-refractivity contribution in [3.8, 4) is 11.5 Å². The number of hydrogen-bond donors (Lipinski definition) is 1. The van der Waals surface area contributed by atoms with Gasteiger partial charge in [-0.15, -0.1) is 10.2 Å². The molecule has 7 nitrogen and oxygen atoms in total. The van der Waals surface area contributed by atoms with Crippen molar-refractivity contribution < 1.29 is 14.3 Å². The molecule has 1 amide bonds. The summed E-state index contributed by atoms with van der Waals surface area (Å²) in [6, 6.07) is 7.58. The minimum absolute atomic E-state index is 0.00247. The highest BCUT2D eigenvalue weighted by Crippen LogP contribution is 2.26. The Balaban J connectivity index is 1.39. The number of hydrogen-bond acceptors (Lipinski definition) is 5. The molecule has 0 unspecified atom stereocenters. The largest absolute Gasteiger partial charge is 0.490 e. The number of aryl methyl sites for hydroxylation is 1. The fourth-order valence-corrected chi connectivity index (χ4v) is 3.20. The summed E-state index contributed by atoms with van der Waals surface area (Å²) in [5, 5.41) is 11.4. The van der Waals surface area contributed by atoms with Gasteiger partial charge in [-0.25, -0.2) is 0 Å². The zero-order chi connectivity index (χ0) is 18.9. The van der Waals surface area contributed by atoms with Gasteiger partial charge in [0.2, 0.25) is 5.91 Å². The van der Waals surface area contributed by atoms with E-state index in [9.17, 15) is 4.79 Å². The Hall–Kier alpha value is -2.57. The highest BCUT2D eigenvalue weighted by atomic mass is 16.5. The van der Waals surface area contributed by atoms with E-state index in [1.807, 2.05) is 31.2 Å². The lowest BCUT2D eigenvalue weighted by Gasteiger charge is -2.11. The van der Waals surface area contributed by atoms with E-state index in [0.29, 0.717) is 38.3 Å². The van der Waals surface area contributed by atoms with Crippen LogP contribution in [0.15, 0.2) is 24.3 Å². The van der Waals surface area contributed by atoms with Crippen LogP contribution >= 0.6 is 0 Å². The van der Waals surface area contributed by atoms with Crippen molar-refractivity contribution in [2.24, 2.45) is 0 Å². The van der Waals surface area contributed by atoms with E-state index < -0.39 is 0 Å². The molecule has 7 heteroatoms. The number of carbonyl (C=O) groups excluding carboxylic acids is 1. The van der Waals surface area contributed by atoms with Crippen molar-refractivity contribution in [2.75, 3.05) is 13.2 Å². The molecule has 0 atom stereocenters. The van der Waals surface area contributed by atoms with Gasteiger partial charge in [-0.2, -0.15) is 0 Å². The van der Waals surface area contributed by atoms with Gasteiger partial charge in [0.1, 0.15) is 5.82 Å². The Morgan fingerprint density at radius 3 is 2.78 bits per heavy atom. The maximum absolute atomic E-state index is 12.1. The van der Waals surface area contributed by atoms with Crippen molar-refractivity contribution in [1.82, 2.24) is 20.1 Å². The normalized spacial score (nSPS) is 13.5. The van der Waals surface area contributed by atoms with E-state index in [1.54, 1.807) is 0 Å². The molecule has 1 aromatic heterocycles. The van der Waals surface area contributed by atoms with Gasteiger partial charge in [0, 0.05) is 19.4 Å². The first kappa shape index (κ1) is 19.2. The van der Waals surface area contributed by atoms with Crippen molar-refractivity contribution in [1.29, 1.82) is 0 Å². The maximum atomic E-state index is 12.1. The minimum Gasteiger partial charge on any atom is -0.490 e. The molecule has 3 rings (SSSR count). The first-order valence-electron chi connectivity index (χ1n) is 9.80. The summed E-state index contributed by atoms with van der Waals surface area (Å²) in [6.45, 7) is 4.38. The second kappa shape index (κ2) is 9.94. The monoisotopic (exact) mass is 372 g/mol. The third kappa shape index (κ3) is 5.45. The molecule has 0 fully saturated rings. The molecule has 1 aromatic carbocycles. The number of ether oxygens (including phenoxy) is 2. The Bertz CT molecular complexity index is 745. The fraction of sp³-hybridized carbons (Fsp3) is 0.550. The predicted octanol–water partition coefficient (Wildman–Crippen LogP) is 2.88. The molecule has 0 saturated heterocycles. The molecular formula is C20H28N4O3. The molecule has 0 spiro atoms. The average molecular weight is 372 g/mol. The second-order valence-electron chi connectivity index (χ2n) is 6.60. The Morgan fingerprint density at radius 2 is 1.96 bits per heavy atom. The number of nitrogens with zero attached hydrogens (tertiary/aromatic N) is 3. The van der Waals surface area contributed by atoms with Crippen LogP contribution in [-0.2, 0) is 24.3 Å². The van der Waals surface area contributed by atoms with Crippen LogP contribution in [0.1, 0.15) is 50.7 Å². The number of aromatic nitrogens is 3. The van der Waals surface area contributed by atoms with Gasteiger partial charge in [0.05, 0.1) is 19.8 Å². The molecule has 27 heavy (non-hydrogen) atoms. The maximum Gasteiger partial charge on any atom is 0.220 e. The number of fused-ring (bicyclic) bond motifs is 1. The van der Waals surface area contributed by atoms with Crippen molar-refractivity contribution in [3.63, 3.8) is 0 Å². The summed E-state index contributed by atoms with van der Waals surface area (Å²) in [4.78, 5) is 12.1. The molecule has 1 aliphatic rings. The molecule has 0 saturated carbocycles. The SMILES string of the molecule is CCOc1ccccc1OCCCC(=O)NCc1nnc2n1CCCCC2. The van der Waals surface area contributed by atoms with Crippen LogP contribution in [0, 0.1) is 0 Å². The lowest BCUT2D eigenvalue weighted by Crippen LogP contribution is -2.25. The van der Waals surface area contributed by atoms with Crippen LogP contribution < -0.4 is 14.8 Å². The van der Waals surface area contributed by atoms with Gasteiger partial charge in [-0.05, 0) is 38.3 Å². The van der Waals surface area contributed by atoms with Gasteiger partial charge in [0.15, 0.2) is 17.3 Å². The summed E-state index contributed by atoms with van der Waals surface area (Å²) in [6.07, 6.45) is 5.56. The molecule has 0 radical (unpaired) electrons. The molecular weight excluding hydrogens is 344 g/mol. The zero-order valence-electron chi connectivity index (χ0n) is 15.9. The van der Waals surface area contributed by atoms with Crippen LogP contribution in [0.25, 0.3) is 0 Å². The summed E-state index contributed by atoms with van der Waals surface area (Å²) in [5.41, 5.74) is 0. The van der Waals surface area contributed by atoms with E-state index in [2.05, 4.69) is 20.1 Å². The topological polar surface area (TPSA) is 78.3 Å². The van der Waals surface area contributed by atoms with E-state index >= 15 is 0 Å². The summed E-state index contributed by atoms with van der Waals surface area (Å²) in [7, 11) is 0. The van der Waals surface area contributed by atoms with Crippen molar-refractivity contribution in [3.05, 3.63) is 35.9 Å². The fourth-order valence-electron chi connectivity index (χ4n) is 3.20. The highest BCUT2D eigenvalue weighted by Gasteiger charge is 2.15. The predicted molar refractivity (Wildman–Crippen MR) is 102 cm³/mol. The van der Waals surface area contributed by atoms with Crippen LogP contribution in [0.4, 0.5) is 0 Å². The van der Waals surface area contributed by atoms with Gasteiger partial charge in [-0.1, -0.05) is 18.6 Å². The molecule has 1 aliphatic heterocycles. The minimum atomic E-state index is 0.00247. The Morgan fingerprint density at radius 1 is 1.15 bits per heavy atom. The zero-order valence-corrected chi connectivity index (χ0v) is 15.9. The van der Waals surface area contributed by atoms with Gasteiger partial charge >= 0.3 is 0 Å². The van der Waals surface area contributed by atoms with Crippen LogP contribution in [0.2, 0.25) is 0 Å². The third-order valence-corrected chi connectivity index (χ3v) is 4.58. The number of amides is 1. The smallest absolute Gasteiger partial charge is 0.220 e. The van der Waals surface area contributed by atoms with Crippen LogP contribution in [-0.4, -0.2) is 33.9 Å². The Labute approximate surface area is 160 Å². The highest BCUT2D eigenvalue weighted by molar-refractivity contribution is 5.75. The first-order valence-corrected chi connectivity index (χ1v) is 9.80. The second-order valence-corrected chi connectivity index (χ2v) is 6.60. The number of benzene rings is 1. The first-order chi connectivity index (χ1) is 13.3. The summed E-state index contributed by atoms with van der Waals surface area (Å²) >= 11 is 0. The molecule has 146 valence electrons. The molecule has 0 bridgehead atoms. The third-order valence-electron chi connectivity index (χ3n) is 4.58. The molecule has 2 heterocycles. The van der Waals surface area contributed by atoms with Crippen molar-refractivity contribution >= 4 is 5.91 Å². The van der Waals surface area contributed by atoms with Crippen LogP contribution in [0.5, 0.6) is 11.5 Å². The van der Waals surface area contributed by atoms with Gasteiger partial charge < -0.3 is 19.4 Å². The standard InChI is InChI=1S/C20H28N4O3/c1-2-26-16-9-5-6-10-17(16)27-14-8-12-20(25)21-15-19-23-22-18-11-4-3-7-13-24(18)19/h5-6,9-10H,2-4,7-8,11-15H2,1H3,(H,21,25). The molecule has 0 aliphatic carbocycles. The van der Waals surface area contributed by atoms with Crippen LogP contribution in [0.3, 0.4) is 0 Å². The summed E-state index contributed by atoms with van der Waals surface area (Å²) in [5.74, 6) is 3.34. The van der Waals surface area contributed by atoms with Crippen molar-refractivity contribution in [2.45, 2.75) is 58.5 Å². The van der Waals surface area contributed by atoms with Gasteiger partial charge in [0.25, 0.3) is 0 Å². The number of nitrogens with one attached hydrogen (secondary N) is 1. The number of para-hydroxylation sites is 2. The van der Waals surface area contributed by atoms with E-state index in [4.69, 9.17) is 9.47 Å². The average Bonchev–Trinajstić information content (AvgIpc) is 2.91. The quantitative estimate of drug-likeness (QED) is 0.685. The molecule has 2 aromatic rings.